The molecular weight excluding hydrogens is 349 g/mol. The number of halogens is 3. The molecule has 1 aromatic rings. The Bertz CT molecular complexity index is 690. The van der Waals surface area contributed by atoms with E-state index in [-0.39, 0.29) is 11.8 Å². The van der Waals surface area contributed by atoms with E-state index in [1.165, 1.54) is 17.0 Å². The Balaban J connectivity index is 1.72. The number of aliphatic carboxylic acids is 1. The SMILES string of the molecule is CC1CC(C(=O)O)CN(C2CCN(c3ccc(C(F)(F)F)cc3)C2=O)C1. The average Bonchev–Trinajstić information content (AvgIpc) is 2.95. The van der Waals surface area contributed by atoms with Crippen molar-refractivity contribution in [3.63, 3.8) is 0 Å². The topological polar surface area (TPSA) is 60.9 Å². The van der Waals surface area contributed by atoms with Gasteiger partial charge in [0.1, 0.15) is 0 Å². The number of amides is 1. The Morgan fingerprint density at radius 2 is 1.85 bits per heavy atom. The van der Waals surface area contributed by atoms with Crippen molar-refractivity contribution in [1.29, 1.82) is 0 Å². The summed E-state index contributed by atoms with van der Waals surface area (Å²) in [6, 6.07) is 4.14. The van der Waals surface area contributed by atoms with Crippen LogP contribution in [0.4, 0.5) is 18.9 Å². The number of piperidine rings is 1. The quantitative estimate of drug-likeness (QED) is 0.889. The summed E-state index contributed by atoms with van der Waals surface area (Å²) < 4.78 is 38.0. The van der Waals surface area contributed by atoms with Crippen LogP contribution in [0.15, 0.2) is 24.3 Å². The highest BCUT2D eigenvalue weighted by Gasteiger charge is 2.41. The number of carbonyl (C=O) groups is 2. The monoisotopic (exact) mass is 370 g/mol. The van der Waals surface area contributed by atoms with Crippen molar-refractivity contribution in [2.75, 3.05) is 24.5 Å². The maximum absolute atomic E-state index is 12.8. The molecule has 2 fully saturated rings. The largest absolute Gasteiger partial charge is 0.481 e. The van der Waals surface area contributed by atoms with E-state index in [1.807, 2.05) is 11.8 Å². The Labute approximate surface area is 149 Å². The van der Waals surface area contributed by atoms with Crippen LogP contribution in [0, 0.1) is 11.8 Å². The lowest BCUT2D eigenvalue weighted by Gasteiger charge is -2.37. The van der Waals surface area contributed by atoms with Gasteiger partial charge in [-0.3, -0.25) is 14.5 Å². The first kappa shape index (κ1) is 18.7. The van der Waals surface area contributed by atoms with E-state index >= 15 is 0 Å². The minimum atomic E-state index is -4.41. The van der Waals surface area contributed by atoms with Crippen LogP contribution in [0.2, 0.25) is 0 Å². The number of anilines is 1. The summed E-state index contributed by atoms with van der Waals surface area (Å²) in [6.45, 7) is 3.37. The van der Waals surface area contributed by atoms with Crippen molar-refractivity contribution in [2.45, 2.75) is 32.0 Å². The molecule has 2 heterocycles. The standard InChI is InChI=1S/C18H21F3N2O3/c1-11-8-12(17(25)26)10-22(9-11)15-6-7-23(16(15)24)14-4-2-13(3-5-14)18(19,20)21/h2-5,11-12,15H,6-10H2,1H3,(H,25,26). The number of carboxylic acids is 1. The Kier molecular flexibility index (Phi) is 4.96. The Hall–Kier alpha value is -2.09. The molecule has 2 aliphatic heterocycles. The van der Waals surface area contributed by atoms with Crippen LogP contribution in [-0.2, 0) is 15.8 Å². The van der Waals surface area contributed by atoms with Crippen LogP contribution < -0.4 is 4.90 Å². The third kappa shape index (κ3) is 3.70. The second-order valence-electron chi connectivity index (χ2n) is 7.17. The number of hydrogen-bond donors (Lipinski definition) is 1. The van der Waals surface area contributed by atoms with E-state index in [0.29, 0.717) is 38.2 Å². The van der Waals surface area contributed by atoms with Gasteiger partial charge < -0.3 is 10.0 Å². The smallest absolute Gasteiger partial charge is 0.416 e. The molecule has 0 aromatic heterocycles. The second kappa shape index (κ2) is 6.90. The van der Waals surface area contributed by atoms with E-state index in [0.717, 1.165) is 12.1 Å². The zero-order valence-electron chi connectivity index (χ0n) is 14.4. The molecule has 142 valence electrons. The summed E-state index contributed by atoms with van der Waals surface area (Å²) in [5.41, 5.74) is -0.316. The molecule has 3 rings (SSSR count). The molecule has 2 aliphatic rings. The van der Waals surface area contributed by atoms with Crippen LogP contribution >= 0.6 is 0 Å². The molecule has 5 nitrogen and oxygen atoms in total. The third-order valence-corrected chi connectivity index (χ3v) is 5.16. The maximum atomic E-state index is 12.8. The van der Waals surface area contributed by atoms with E-state index in [1.54, 1.807) is 0 Å². The summed E-state index contributed by atoms with van der Waals surface area (Å²) in [5.74, 6) is -1.35. The lowest BCUT2D eigenvalue weighted by Crippen LogP contribution is -2.50. The zero-order valence-corrected chi connectivity index (χ0v) is 14.4. The summed E-state index contributed by atoms with van der Waals surface area (Å²) in [5, 5.41) is 9.29. The minimum absolute atomic E-state index is 0.178. The van der Waals surface area contributed by atoms with Crippen molar-refractivity contribution < 1.29 is 27.9 Å². The molecule has 1 amide bonds. The van der Waals surface area contributed by atoms with Crippen LogP contribution in [-0.4, -0.2) is 47.6 Å². The molecule has 3 atom stereocenters. The predicted molar refractivity (Wildman–Crippen MR) is 88.7 cm³/mol. The van der Waals surface area contributed by atoms with Gasteiger partial charge >= 0.3 is 12.1 Å². The van der Waals surface area contributed by atoms with Gasteiger partial charge in [0.15, 0.2) is 0 Å². The van der Waals surface area contributed by atoms with Gasteiger partial charge in [-0.15, -0.1) is 0 Å². The first-order chi connectivity index (χ1) is 12.2. The predicted octanol–water partition coefficient (Wildman–Crippen LogP) is 2.85. The van der Waals surface area contributed by atoms with Gasteiger partial charge in [-0.05, 0) is 43.0 Å². The van der Waals surface area contributed by atoms with Gasteiger partial charge in [-0.25, -0.2) is 0 Å². The fraction of sp³-hybridized carbons (Fsp3) is 0.556. The van der Waals surface area contributed by atoms with Gasteiger partial charge in [-0.2, -0.15) is 13.2 Å². The average molecular weight is 370 g/mol. The van der Waals surface area contributed by atoms with Gasteiger partial charge in [0, 0.05) is 25.3 Å². The van der Waals surface area contributed by atoms with E-state index in [9.17, 15) is 27.9 Å². The van der Waals surface area contributed by atoms with Crippen molar-refractivity contribution in [3.8, 4) is 0 Å². The highest BCUT2D eigenvalue weighted by molar-refractivity contribution is 5.99. The number of alkyl halides is 3. The molecule has 26 heavy (non-hydrogen) atoms. The number of rotatable bonds is 3. The first-order valence-corrected chi connectivity index (χ1v) is 8.62. The summed E-state index contributed by atoms with van der Waals surface area (Å²) >= 11 is 0. The summed E-state index contributed by atoms with van der Waals surface area (Å²) in [6.07, 6.45) is -3.28. The van der Waals surface area contributed by atoms with Gasteiger partial charge in [0.25, 0.3) is 0 Å². The summed E-state index contributed by atoms with van der Waals surface area (Å²) in [4.78, 5) is 27.5. The van der Waals surface area contributed by atoms with Crippen LogP contribution in [0.1, 0.15) is 25.3 Å². The van der Waals surface area contributed by atoms with Crippen molar-refractivity contribution in [1.82, 2.24) is 4.90 Å². The Morgan fingerprint density at radius 1 is 1.19 bits per heavy atom. The highest BCUT2D eigenvalue weighted by atomic mass is 19.4. The number of hydrogen-bond acceptors (Lipinski definition) is 3. The number of benzene rings is 1. The van der Waals surface area contributed by atoms with Gasteiger partial charge in [0.05, 0.1) is 17.5 Å². The van der Waals surface area contributed by atoms with Crippen LogP contribution in [0.3, 0.4) is 0 Å². The number of carboxylic acid groups (broad SMARTS) is 1. The molecule has 3 unspecified atom stereocenters. The lowest BCUT2D eigenvalue weighted by atomic mass is 9.89. The molecule has 0 aliphatic carbocycles. The lowest BCUT2D eigenvalue weighted by molar-refractivity contribution is -0.145. The van der Waals surface area contributed by atoms with Crippen molar-refractivity contribution in [2.24, 2.45) is 11.8 Å². The fourth-order valence-electron chi connectivity index (χ4n) is 3.92. The Morgan fingerprint density at radius 3 is 2.42 bits per heavy atom. The van der Waals surface area contributed by atoms with E-state index in [4.69, 9.17) is 0 Å². The molecule has 0 bridgehead atoms. The molecule has 2 saturated heterocycles. The van der Waals surface area contributed by atoms with Crippen LogP contribution in [0.25, 0.3) is 0 Å². The van der Waals surface area contributed by atoms with E-state index in [2.05, 4.69) is 0 Å². The normalized spacial score (nSPS) is 27.8. The number of carbonyl (C=O) groups excluding carboxylic acids is 1. The number of nitrogens with zero attached hydrogens (tertiary/aromatic N) is 2. The highest BCUT2D eigenvalue weighted by Crippen LogP contribution is 2.33. The molecular formula is C18H21F3N2O3. The molecule has 1 aromatic carbocycles. The fourth-order valence-corrected chi connectivity index (χ4v) is 3.92. The third-order valence-electron chi connectivity index (χ3n) is 5.16. The van der Waals surface area contributed by atoms with Gasteiger partial charge in [-0.1, -0.05) is 6.92 Å². The minimum Gasteiger partial charge on any atom is -0.481 e. The molecule has 0 spiro atoms. The second-order valence-corrected chi connectivity index (χ2v) is 7.17. The van der Waals surface area contributed by atoms with Crippen molar-refractivity contribution in [3.05, 3.63) is 29.8 Å². The van der Waals surface area contributed by atoms with Crippen LogP contribution in [0.5, 0.6) is 0 Å². The zero-order chi connectivity index (χ0) is 19.1. The number of likely N-dealkylation sites (tertiary alicyclic amines) is 1. The molecule has 8 heteroatoms. The molecule has 0 radical (unpaired) electrons. The van der Waals surface area contributed by atoms with Crippen molar-refractivity contribution >= 4 is 17.6 Å². The van der Waals surface area contributed by atoms with E-state index < -0.39 is 29.7 Å². The summed E-state index contributed by atoms with van der Waals surface area (Å²) in [7, 11) is 0. The molecule has 1 N–H and O–H groups in total. The van der Waals surface area contributed by atoms with Gasteiger partial charge in [0.2, 0.25) is 5.91 Å². The first-order valence-electron chi connectivity index (χ1n) is 8.62. The molecule has 0 saturated carbocycles. The maximum Gasteiger partial charge on any atom is 0.416 e.